The van der Waals surface area contributed by atoms with E-state index in [1.54, 1.807) is 18.6 Å². The highest BCUT2D eigenvalue weighted by molar-refractivity contribution is 6.30. The van der Waals surface area contributed by atoms with Crippen LogP contribution in [0.15, 0.2) is 30.7 Å². The molecule has 96 valence electrons. The first-order chi connectivity index (χ1) is 8.63. The van der Waals surface area contributed by atoms with Crippen molar-refractivity contribution in [3.8, 4) is 0 Å². The zero-order valence-electron chi connectivity index (χ0n) is 9.98. The third-order valence-electron chi connectivity index (χ3n) is 2.75. The summed E-state index contributed by atoms with van der Waals surface area (Å²) in [5, 5.41) is 10.5. The van der Waals surface area contributed by atoms with Gasteiger partial charge < -0.3 is 9.67 Å². The van der Waals surface area contributed by atoms with Crippen molar-refractivity contribution in [1.29, 1.82) is 0 Å². The monoisotopic (exact) mass is 268 g/mol. The standard InChI is InChI=1S/C13H14ClFN2O/c1-2-5-17-8-16-7-12(17)13(18)10-4-3-9(14)6-11(10)15/h3-4,6-8,13,18H,2,5H2,1H3. The van der Waals surface area contributed by atoms with Gasteiger partial charge in [-0.15, -0.1) is 0 Å². The van der Waals surface area contributed by atoms with Crippen molar-refractivity contribution in [2.75, 3.05) is 0 Å². The van der Waals surface area contributed by atoms with Gasteiger partial charge in [0, 0.05) is 17.1 Å². The van der Waals surface area contributed by atoms with Crippen molar-refractivity contribution in [2.24, 2.45) is 0 Å². The van der Waals surface area contributed by atoms with Crippen LogP contribution in [0.25, 0.3) is 0 Å². The first kappa shape index (κ1) is 13.1. The quantitative estimate of drug-likeness (QED) is 0.925. The lowest BCUT2D eigenvalue weighted by Gasteiger charge is -2.14. The summed E-state index contributed by atoms with van der Waals surface area (Å²) in [5.41, 5.74) is 0.787. The SMILES string of the molecule is CCCn1cncc1C(O)c1ccc(Cl)cc1F. The Balaban J connectivity index is 2.35. The van der Waals surface area contributed by atoms with E-state index in [1.807, 2.05) is 11.5 Å². The van der Waals surface area contributed by atoms with E-state index in [0.29, 0.717) is 10.7 Å². The maximum absolute atomic E-state index is 13.7. The summed E-state index contributed by atoms with van der Waals surface area (Å²) in [6.07, 6.45) is 3.07. The molecule has 0 aliphatic carbocycles. The first-order valence-corrected chi connectivity index (χ1v) is 6.14. The average Bonchev–Trinajstić information content (AvgIpc) is 2.77. The predicted octanol–water partition coefficient (Wildman–Crippen LogP) is 3.17. The highest BCUT2D eigenvalue weighted by atomic mass is 35.5. The van der Waals surface area contributed by atoms with Crippen LogP contribution in [-0.2, 0) is 6.54 Å². The Kier molecular flexibility index (Phi) is 3.99. The number of hydrogen-bond donors (Lipinski definition) is 1. The summed E-state index contributed by atoms with van der Waals surface area (Å²) >= 11 is 5.69. The Hall–Kier alpha value is -1.39. The van der Waals surface area contributed by atoms with E-state index in [1.165, 1.54) is 12.1 Å². The van der Waals surface area contributed by atoms with Gasteiger partial charge in [-0.3, -0.25) is 0 Å². The molecule has 1 aromatic carbocycles. The van der Waals surface area contributed by atoms with Crippen LogP contribution in [0, 0.1) is 5.82 Å². The molecule has 0 aliphatic rings. The fourth-order valence-corrected chi connectivity index (χ4v) is 2.03. The van der Waals surface area contributed by atoms with Crippen molar-refractivity contribution in [3.05, 3.63) is 52.8 Å². The molecular weight excluding hydrogens is 255 g/mol. The molecule has 1 atom stereocenters. The van der Waals surface area contributed by atoms with Gasteiger partial charge in [-0.05, 0) is 18.6 Å². The molecule has 0 bridgehead atoms. The van der Waals surface area contributed by atoms with Crippen molar-refractivity contribution >= 4 is 11.6 Å². The predicted molar refractivity (Wildman–Crippen MR) is 68.0 cm³/mol. The van der Waals surface area contributed by atoms with E-state index in [0.717, 1.165) is 13.0 Å². The molecule has 2 aromatic rings. The Morgan fingerprint density at radius 2 is 2.28 bits per heavy atom. The molecular formula is C13H14ClFN2O. The third kappa shape index (κ3) is 2.54. The maximum Gasteiger partial charge on any atom is 0.130 e. The number of aliphatic hydroxyl groups excluding tert-OH is 1. The van der Waals surface area contributed by atoms with Crippen molar-refractivity contribution in [2.45, 2.75) is 26.0 Å². The summed E-state index contributed by atoms with van der Waals surface area (Å²) in [6, 6.07) is 4.25. The molecule has 1 unspecified atom stereocenters. The van der Waals surface area contributed by atoms with Gasteiger partial charge in [0.2, 0.25) is 0 Å². The van der Waals surface area contributed by atoms with Crippen molar-refractivity contribution < 1.29 is 9.50 Å². The van der Waals surface area contributed by atoms with E-state index in [4.69, 9.17) is 11.6 Å². The average molecular weight is 269 g/mol. The van der Waals surface area contributed by atoms with Crippen LogP contribution in [0.4, 0.5) is 4.39 Å². The second-order valence-electron chi connectivity index (χ2n) is 4.08. The van der Waals surface area contributed by atoms with Crippen LogP contribution in [0.3, 0.4) is 0 Å². The van der Waals surface area contributed by atoms with Gasteiger partial charge >= 0.3 is 0 Å². The molecule has 0 aliphatic heterocycles. The molecule has 5 heteroatoms. The molecule has 0 spiro atoms. The number of benzene rings is 1. The molecule has 0 saturated heterocycles. The summed E-state index contributed by atoms with van der Waals surface area (Å²) < 4.78 is 15.6. The van der Waals surface area contributed by atoms with Crippen molar-refractivity contribution in [1.82, 2.24) is 9.55 Å². The minimum atomic E-state index is -1.03. The van der Waals surface area contributed by atoms with Crippen LogP contribution in [0.1, 0.15) is 30.7 Å². The smallest absolute Gasteiger partial charge is 0.130 e. The van der Waals surface area contributed by atoms with E-state index in [-0.39, 0.29) is 5.56 Å². The topological polar surface area (TPSA) is 38.0 Å². The number of halogens is 2. The summed E-state index contributed by atoms with van der Waals surface area (Å²) in [6.45, 7) is 2.76. The number of aryl methyl sites for hydroxylation is 1. The lowest BCUT2D eigenvalue weighted by atomic mass is 10.1. The zero-order chi connectivity index (χ0) is 13.1. The Bertz CT molecular complexity index is 542. The number of rotatable bonds is 4. The van der Waals surface area contributed by atoms with E-state index < -0.39 is 11.9 Å². The van der Waals surface area contributed by atoms with Crippen LogP contribution >= 0.6 is 11.6 Å². The molecule has 1 aromatic heterocycles. The first-order valence-electron chi connectivity index (χ1n) is 5.76. The molecule has 0 fully saturated rings. The fourth-order valence-electron chi connectivity index (χ4n) is 1.87. The Morgan fingerprint density at radius 3 is 2.94 bits per heavy atom. The van der Waals surface area contributed by atoms with Crippen LogP contribution in [0.2, 0.25) is 5.02 Å². The number of aliphatic hydroxyl groups is 1. The number of aromatic nitrogens is 2. The molecule has 0 saturated carbocycles. The molecule has 18 heavy (non-hydrogen) atoms. The summed E-state index contributed by atoms with van der Waals surface area (Å²) in [5.74, 6) is -0.515. The molecule has 0 amide bonds. The van der Waals surface area contributed by atoms with Gasteiger partial charge in [-0.2, -0.15) is 0 Å². The second kappa shape index (κ2) is 5.50. The summed E-state index contributed by atoms with van der Waals surface area (Å²) in [7, 11) is 0. The van der Waals surface area contributed by atoms with Gasteiger partial charge in [-0.25, -0.2) is 9.37 Å². The molecule has 1 N–H and O–H groups in total. The largest absolute Gasteiger partial charge is 0.382 e. The second-order valence-corrected chi connectivity index (χ2v) is 4.52. The van der Waals surface area contributed by atoms with E-state index in [2.05, 4.69) is 4.98 Å². The van der Waals surface area contributed by atoms with Crippen LogP contribution < -0.4 is 0 Å². The minimum Gasteiger partial charge on any atom is -0.382 e. The van der Waals surface area contributed by atoms with Gasteiger partial charge in [0.15, 0.2) is 0 Å². The fraction of sp³-hybridized carbons (Fsp3) is 0.308. The van der Waals surface area contributed by atoms with Gasteiger partial charge in [0.05, 0.1) is 18.2 Å². The van der Waals surface area contributed by atoms with Gasteiger partial charge in [0.1, 0.15) is 11.9 Å². The molecule has 1 heterocycles. The van der Waals surface area contributed by atoms with Gasteiger partial charge in [-0.1, -0.05) is 24.6 Å². The van der Waals surface area contributed by atoms with Crippen LogP contribution in [-0.4, -0.2) is 14.7 Å². The molecule has 0 radical (unpaired) electrons. The van der Waals surface area contributed by atoms with E-state index >= 15 is 0 Å². The van der Waals surface area contributed by atoms with Crippen LogP contribution in [0.5, 0.6) is 0 Å². The molecule has 2 rings (SSSR count). The molecule has 3 nitrogen and oxygen atoms in total. The van der Waals surface area contributed by atoms with E-state index in [9.17, 15) is 9.50 Å². The van der Waals surface area contributed by atoms with Crippen molar-refractivity contribution in [3.63, 3.8) is 0 Å². The van der Waals surface area contributed by atoms with Gasteiger partial charge in [0.25, 0.3) is 0 Å². The lowest BCUT2D eigenvalue weighted by Crippen LogP contribution is -2.09. The minimum absolute atomic E-state index is 0.206. The normalized spacial score (nSPS) is 12.7. The Morgan fingerprint density at radius 1 is 1.50 bits per heavy atom. The highest BCUT2D eigenvalue weighted by Crippen LogP contribution is 2.26. The number of imidazole rings is 1. The summed E-state index contributed by atoms with van der Waals surface area (Å²) in [4.78, 5) is 3.99. The zero-order valence-corrected chi connectivity index (χ0v) is 10.7. The number of hydrogen-bond acceptors (Lipinski definition) is 2. The number of nitrogens with zero attached hydrogens (tertiary/aromatic N) is 2. The lowest BCUT2D eigenvalue weighted by molar-refractivity contribution is 0.204. The Labute approximate surface area is 110 Å². The highest BCUT2D eigenvalue weighted by Gasteiger charge is 2.18. The third-order valence-corrected chi connectivity index (χ3v) is 2.98. The maximum atomic E-state index is 13.7.